The zero-order valence-corrected chi connectivity index (χ0v) is 27.2. The van der Waals surface area contributed by atoms with Gasteiger partial charge < -0.3 is 0 Å². The van der Waals surface area contributed by atoms with Crippen molar-refractivity contribution in [2.75, 3.05) is 0 Å². The molecule has 1 heterocycles. The Balaban J connectivity index is 1.25. The Hall–Kier alpha value is -6.71. The van der Waals surface area contributed by atoms with Gasteiger partial charge in [0.25, 0.3) is 0 Å². The summed E-state index contributed by atoms with van der Waals surface area (Å²) in [5, 5.41) is 4.71. The lowest BCUT2D eigenvalue weighted by atomic mass is 9.92. The monoisotopic (exact) mass is 637 g/mol. The molecular weight excluding hydrogens is 607 g/mol. The SMILES string of the molecule is c1ccc(-c2nc(-c3ccc(-c4ccccc4)c(-c4ccccc4)c3)nc(-c3cccc4c(-c5cccc6ccccc56)cccc34)n2)cc1. The standard InChI is InChI=1S/C47H31N3/c1-4-15-32(16-5-1)38-30-29-36(31-44(38)34-17-6-2-7-18-34)46-48-45(35-20-8-3-9-21-35)49-47(50-46)43-28-14-26-41-40(25-13-27-42(41)43)39-24-12-22-33-19-10-11-23-37(33)39/h1-31H. The van der Waals surface area contributed by atoms with Crippen molar-refractivity contribution < 1.29 is 0 Å². The van der Waals surface area contributed by atoms with Crippen molar-refractivity contribution in [2.45, 2.75) is 0 Å². The Morgan fingerprint density at radius 2 is 0.700 bits per heavy atom. The molecule has 50 heavy (non-hydrogen) atoms. The molecule has 9 aromatic rings. The number of aromatic nitrogens is 3. The van der Waals surface area contributed by atoms with Crippen molar-refractivity contribution >= 4 is 21.5 Å². The lowest BCUT2D eigenvalue weighted by Gasteiger charge is -2.15. The van der Waals surface area contributed by atoms with E-state index < -0.39 is 0 Å². The first-order valence-corrected chi connectivity index (χ1v) is 16.9. The summed E-state index contributed by atoms with van der Waals surface area (Å²) in [5.74, 6) is 1.91. The van der Waals surface area contributed by atoms with Crippen molar-refractivity contribution in [1.29, 1.82) is 0 Å². The van der Waals surface area contributed by atoms with E-state index in [4.69, 9.17) is 15.0 Å². The summed E-state index contributed by atoms with van der Waals surface area (Å²) < 4.78 is 0. The second kappa shape index (κ2) is 12.7. The predicted molar refractivity (Wildman–Crippen MR) is 207 cm³/mol. The summed E-state index contributed by atoms with van der Waals surface area (Å²) >= 11 is 0. The van der Waals surface area contributed by atoms with Crippen LogP contribution in [-0.2, 0) is 0 Å². The molecule has 0 atom stereocenters. The predicted octanol–water partition coefficient (Wildman–Crippen LogP) is 12.2. The Bertz CT molecular complexity index is 2630. The van der Waals surface area contributed by atoms with Gasteiger partial charge in [0.2, 0.25) is 0 Å². The molecule has 0 aliphatic carbocycles. The van der Waals surface area contributed by atoms with Crippen molar-refractivity contribution in [1.82, 2.24) is 15.0 Å². The van der Waals surface area contributed by atoms with Crippen LogP contribution < -0.4 is 0 Å². The fraction of sp³-hybridized carbons (Fsp3) is 0. The molecule has 0 unspecified atom stereocenters. The summed E-state index contributed by atoms with van der Waals surface area (Å²) in [6, 6.07) is 65.8. The highest BCUT2D eigenvalue weighted by Crippen LogP contribution is 2.39. The minimum atomic E-state index is 0.632. The van der Waals surface area contributed by atoms with E-state index in [9.17, 15) is 0 Å². The van der Waals surface area contributed by atoms with Crippen molar-refractivity contribution in [3.05, 3.63) is 188 Å². The highest BCUT2D eigenvalue weighted by molar-refractivity contribution is 6.08. The van der Waals surface area contributed by atoms with Gasteiger partial charge in [-0.25, -0.2) is 15.0 Å². The Morgan fingerprint density at radius 3 is 1.40 bits per heavy atom. The summed E-state index contributed by atoms with van der Waals surface area (Å²) in [6.07, 6.45) is 0. The number of nitrogens with zero attached hydrogens (tertiary/aromatic N) is 3. The summed E-state index contributed by atoms with van der Waals surface area (Å²) in [7, 11) is 0. The van der Waals surface area contributed by atoms with E-state index in [1.807, 2.05) is 18.2 Å². The van der Waals surface area contributed by atoms with Crippen LogP contribution in [0.25, 0.3) is 89.1 Å². The van der Waals surface area contributed by atoms with Gasteiger partial charge in [-0.05, 0) is 61.0 Å². The third-order valence-corrected chi connectivity index (χ3v) is 9.36. The fourth-order valence-electron chi connectivity index (χ4n) is 6.95. The van der Waals surface area contributed by atoms with Crippen molar-refractivity contribution in [3.63, 3.8) is 0 Å². The maximum Gasteiger partial charge on any atom is 0.164 e. The zero-order chi connectivity index (χ0) is 33.3. The van der Waals surface area contributed by atoms with Crippen LogP contribution in [0.3, 0.4) is 0 Å². The van der Waals surface area contributed by atoms with Gasteiger partial charge >= 0.3 is 0 Å². The number of fused-ring (bicyclic) bond motifs is 2. The van der Waals surface area contributed by atoms with Gasteiger partial charge in [0.1, 0.15) is 0 Å². The second-order valence-corrected chi connectivity index (χ2v) is 12.4. The molecule has 0 saturated heterocycles. The highest BCUT2D eigenvalue weighted by atomic mass is 15.0. The van der Waals surface area contributed by atoms with E-state index in [2.05, 4.69) is 170 Å². The maximum atomic E-state index is 5.22. The first kappa shape index (κ1) is 29.4. The van der Waals surface area contributed by atoms with Crippen LogP contribution in [0.4, 0.5) is 0 Å². The van der Waals surface area contributed by atoms with Gasteiger partial charge in [-0.1, -0.05) is 182 Å². The Kier molecular flexibility index (Phi) is 7.49. The van der Waals surface area contributed by atoms with Crippen LogP contribution in [-0.4, -0.2) is 15.0 Å². The summed E-state index contributed by atoms with van der Waals surface area (Å²) in [5.41, 5.74) is 9.82. The molecule has 9 rings (SSSR count). The summed E-state index contributed by atoms with van der Waals surface area (Å²) in [4.78, 5) is 15.4. The van der Waals surface area contributed by atoms with Crippen molar-refractivity contribution in [2.24, 2.45) is 0 Å². The quantitative estimate of drug-likeness (QED) is 0.182. The molecule has 0 spiro atoms. The molecule has 3 heteroatoms. The second-order valence-electron chi connectivity index (χ2n) is 12.4. The smallest absolute Gasteiger partial charge is 0.164 e. The number of benzene rings is 8. The van der Waals surface area contributed by atoms with Gasteiger partial charge in [-0.2, -0.15) is 0 Å². The molecule has 8 aromatic carbocycles. The average Bonchev–Trinajstić information content (AvgIpc) is 3.21. The van der Waals surface area contributed by atoms with Crippen LogP contribution in [0.15, 0.2) is 188 Å². The minimum absolute atomic E-state index is 0.632. The van der Waals surface area contributed by atoms with Gasteiger partial charge in [-0.15, -0.1) is 0 Å². The molecule has 0 bridgehead atoms. The molecule has 0 radical (unpaired) electrons. The molecule has 3 nitrogen and oxygen atoms in total. The number of hydrogen-bond acceptors (Lipinski definition) is 3. The van der Waals surface area contributed by atoms with Crippen molar-refractivity contribution in [3.8, 4) is 67.5 Å². The molecule has 0 aliphatic heterocycles. The van der Waals surface area contributed by atoms with Crippen LogP contribution >= 0.6 is 0 Å². The molecule has 0 saturated carbocycles. The maximum absolute atomic E-state index is 5.22. The molecule has 0 aliphatic rings. The lowest BCUT2D eigenvalue weighted by molar-refractivity contribution is 1.08. The van der Waals surface area contributed by atoms with Gasteiger partial charge in [-0.3, -0.25) is 0 Å². The molecule has 1 aromatic heterocycles. The Morgan fingerprint density at radius 1 is 0.240 bits per heavy atom. The van der Waals surface area contributed by atoms with Gasteiger partial charge in [0.05, 0.1) is 0 Å². The van der Waals surface area contributed by atoms with E-state index >= 15 is 0 Å². The van der Waals surface area contributed by atoms with Crippen LogP contribution in [0.5, 0.6) is 0 Å². The lowest BCUT2D eigenvalue weighted by Crippen LogP contribution is -2.01. The van der Waals surface area contributed by atoms with E-state index in [-0.39, 0.29) is 0 Å². The minimum Gasteiger partial charge on any atom is -0.208 e. The van der Waals surface area contributed by atoms with Crippen LogP contribution in [0.1, 0.15) is 0 Å². The largest absolute Gasteiger partial charge is 0.208 e. The third-order valence-electron chi connectivity index (χ3n) is 9.36. The number of hydrogen-bond donors (Lipinski definition) is 0. The number of rotatable bonds is 6. The van der Waals surface area contributed by atoms with E-state index in [0.29, 0.717) is 17.5 Å². The van der Waals surface area contributed by atoms with Crippen LogP contribution in [0, 0.1) is 0 Å². The zero-order valence-electron chi connectivity index (χ0n) is 27.2. The van der Waals surface area contributed by atoms with E-state index in [1.54, 1.807) is 0 Å². The topological polar surface area (TPSA) is 38.7 Å². The normalized spacial score (nSPS) is 11.2. The molecule has 0 fully saturated rings. The first-order chi connectivity index (χ1) is 24.8. The molecule has 234 valence electrons. The van der Waals surface area contributed by atoms with Gasteiger partial charge in [0.15, 0.2) is 17.5 Å². The van der Waals surface area contributed by atoms with E-state index in [0.717, 1.165) is 49.7 Å². The summed E-state index contributed by atoms with van der Waals surface area (Å²) in [6.45, 7) is 0. The molecule has 0 amide bonds. The molecular formula is C47H31N3. The third kappa shape index (κ3) is 5.41. The van der Waals surface area contributed by atoms with E-state index in [1.165, 1.54) is 21.9 Å². The molecule has 0 N–H and O–H groups in total. The first-order valence-electron chi connectivity index (χ1n) is 16.9. The fourth-order valence-corrected chi connectivity index (χ4v) is 6.95. The Labute approximate surface area is 291 Å². The highest BCUT2D eigenvalue weighted by Gasteiger charge is 2.17. The van der Waals surface area contributed by atoms with Gasteiger partial charge in [0, 0.05) is 16.7 Å². The van der Waals surface area contributed by atoms with Crippen LogP contribution in [0.2, 0.25) is 0 Å². The average molecular weight is 638 g/mol.